The fourth-order valence-corrected chi connectivity index (χ4v) is 8.20. The molecule has 0 saturated carbocycles. The van der Waals surface area contributed by atoms with Crippen molar-refractivity contribution >= 4 is 76.2 Å². The van der Waals surface area contributed by atoms with Gasteiger partial charge < -0.3 is 65.0 Å². The number of hydrogen-bond acceptors (Lipinski definition) is 18. The smallest absolute Gasteiger partial charge is 0.246 e. The molecule has 102 heavy (non-hydrogen) atoms. The van der Waals surface area contributed by atoms with E-state index in [-0.39, 0.29) is 116 Å². The molecule has 568 valence electrons. The fraction of sp³-hybridized carbons (Fsp3) is 0.487. The molecule has 0 aromatic carbocycles. The number of hydrogen-bond donors (Lipinski definition) is 5. The van der Waals surface area contributed by atoms with Crippen molar-refractivity contribution in [3.05, 3.63) is 165 Å². The van der Waals surface area contributed by atoms with E-state index in [0.29, 0.717) is 156 Å². The van der Waals surface area contributed by atoms with Crippen LogP contribution in [0.5, 0.6) is 0 Å². The Balaban J connectivity index is -0.000000648. The molecular formula is C76H116N8O18. The number of nitrogens with one attached hydrogen (secondary N) is 5. The number of carbonyl (C=O) groups excluding carboxylic acids is 13. The van der Waals surface area contributed by atoms with Gasteiger partial charge in [-0.05, 0) is 130 Å². The Morgan fingerprint density at radius 1 is 0.265 bits per heavy atom. The highest BCUT2D eigenvalue weighted by atomic mass is 16.5. The second kappa shape index (κ2) is 70.0. The number of ether oxygens (including phenoxy) is 5. The number of carbonyl (C=O) groups is 13. The number of ketones is 5. The lowest BCUT2D eigenvalue weighted by Gasteiger charge is -2.34. The van der Waals surface area contributed by atoms with E-state index >= 15 is 0 Å². The zero-order valence-corrected chi connectivity index (χ0v) is 60.3. The van der Waals surface area contributed by atoms with Crippen molar-refractivity contribution in [2.75, 3.05) is 132 Å². The zero-order chi connectivity index (χ0) is 77.5. The highest BCUT2D eigenvalue weighted by Crippen LogP contribution is 2.20. The first kappa shape index (κ1) is 98.9. The lowest BCUT2D eigenvalue weighted by Crippen LogP contribution is -2.55. The van der Waals surface area contributed by atoms with E-state index in [1.54, 1.807) is 0 Å². The van der Waals surface area contributed by atoms with Crippen LogP contribution in [0.1, 0.15) is 103 Å². The topological polar surface area (TPSA) is 338 Å². The quantitative estimate of drug-likeness (QED) is 0.0327. The molecule has 26 nitrogen and oxygen atoms in total. The Labute approximate surface area is 605 Å². The molecule has 0 radical (unpaired) electrons. The van der Waals surface area contributed by atoms with Crippen molar-refractivity contribution in [3.63, 3.8) is 0 Å². The van der Waals surface area contributed by atoms with Gasteiger partial charge in [-0.25, -0.2) is 0 Å². The third-order valence-corrected chi connectivity index (χ3v) is 14.0. The second-order valence-electron chi connectivity index (χ2n) is 21.9. The summed E-state index contributed by atoms with van der Waals surface area (Å²) in [7, 11) is 0. The molecule has 0 aliphatic carbocycles. The first-order valence-corrected chi connectivity index (χ1v) is 33.9. The van der Waals surface area contributed by atoms with Crippen LogP contribution in [-0.2, 0) is 86.0 Å². The van der Waals surface area contributed by atoms with Gasteiger partial charge in [0.05, 0.1) is 51.8 Å². The van der Waals surface area contributed by atoms with E-state index in [4.69, 9.17) is 23.7 Å². The largest absolute Gasteiger partial charge is 0.379 e. The Morgan fingerprint density at radius 2 is 0.569 bits per heavy atom. The van der Waals surface area contributed by atoms with Gasteiger partial charge in [0.2, 0.25) is 47.3 Å². The SMILES string of the molecule is C=CC(=O)CCCCCCC(COCCCCC(=O)C=C)(COCCCNC(=O)C=C)NC(=O)C=C.C=CC(=O)CCCCOCCOCCOCCC(=O)C=C.C=CC(=O)CCCN(CCN(CCNC(=O)C=C)C(=O)C=C)C(=O)C=C.C=CC(=O)NCCN(CCNC(=O)C=C)C(=O)C=C. The zero-order valence-electron chi connectivity index (χ0n) is 60.3. The molecule has 8 amide bonds. The summed E-state index contributed by atoms with van der Waals surface area (Å²) in [5.41, 5.74) is -0.747. The van der Waals surface area contributed by atoms with Gasteiger partial charge >= 0.3 is 0 Å². The van der Waals surface area contributed by atoms with Crippen LogP contribution in [0.25, 0.3) is 0 Å². The van der Waals surface area contributed by atoms with Gasteiger partial charge in [0, 0.05) is 117 Å². The fourth-order valence-electron chi connectivity index (χ4n) is 8.20. The predicted octanol–water partition coefficient (Wildman–Crippen LogP) is 6.34. The van der Waals surface area contributed by atoms with E-state index in [2.05, 4.69) is 112 Å². The molecule has 0 bridgehead atoms. The summed E-state index contributed by atoms with van der Waals surface area (Å²) < 4.78 is 27.7. The van der Waals surface area contributed by atoms with Crippen LogP contribution in [0, 0.1) is 0 Å². The number of unbranched alkanes of at least 4 members (excludes halogenated alkanes) is 5. The molecule has 1 unspecified atom stereocenters. The minimum Gasteiger partial charge on any atom is -0.379 e. The van der Waals surface area contributed by atoms with Gasteiger partial charge in [-0.15, -0.1) is 0 Å². The molecule has 26 heteroatoms. The van der Waals surface area contributed by atoms with Crippen molar-refractivity contribution in [3.8, 4) is 0 Å². The monoisotopic (exact) mass is 1430 g/mol. The average Bonchev–Trinajstić information content (AvgIpc) is 0.811. The maximum absolute atomic E-state index is 12.3. The standard InChI is InChI=1S/C28H44N2O6.C19H27N3O4.C16H26O5.C13H19N3O3/c1-5-24(31)16-11-9-10-13-18-28(30-27(34)8-4,22-35-20-14-12-17-25(32)6-2)23-36-21-15-19-29-26(33)7-3;1-5-16(23)10-9-12-21(18(25)7-3)14-15-22(19(26)8-4)13-11-20-17(24)6-2;1-3-15(17)7-5-6-9-19-11-13-21-14-12-20-10-8-16(18)4-2;1-4-11(17)14-7-9-16(13(19)6-3)10-8-15-12(18)5-2/h5-8H,1-4,9-23H2,(H,29,33)(H,30,34);5-8H,1-4,9-15H2,(H,20,24);3-4H,1-2,5-14H2;4-6H,1-3,7-10H2,(H,14,17)(H,15,18). The van der Waals surface area contributed by atoms with Crippen molar-refractivity contribution in [2.45, 2.75) is 108 Å². The summed E-state index contributed by atoms with van der Waals surface area (Å²) in [5, 5.41) is 13.4. The molecular weight excluding hydrogens is 1310 g/mol. The van der Waals surface area contributed by atoms with Crippen LogP contribution in [0.4, 0.5) is 0 Å². The first-order chi connectivity index (χ1) is 49.0. The van der Waals surface area contributed by atoms with Gasteiger partial charge in [0.25, 0.3) is 0 Å². The van der Waals surface area contributed by atoms with Gasteiger partial charge in [0.15, 0.2) is 28.9 Å². The van der Waals surface area contributed by atoms with Crippen LogP contribution < -0.4 is 26.6 Å². The minimum absolute atomic E-state index is 0.00932. The molecule has 0 fully saturated rings. The highest BCUT2D eigenvalue weighted by Gasteiger charge is 2.32. The maximum Gasteiger partial charge on any atom is 0.246 e. The van der Waals surface area contributed by atoms with Crippen LogP contribution in [-0.4, -0.2) is 228 Å². The van der Waals surface area contributed by atoms with Gasteiger partial charge in [-0.2, -0.15) is 0 Å². The molecule has 0 aliphatic rings. The first-order valence-electron chi connectivity index (χ1n) is 33.9. The second-order valence-corrected chi connectivity index (χ2v) is 21.9. The summed E-state index contributed by atoms with van der Waals surface area (Å²) in [4.78, 5) is 152. The van der Waals surface area contributed by atoms with Crippen molar-refractivity contribution in [2.24, 2.45) is 0 Å². The van der Waals surface area contributed by atoms with Crippen LogP contribution in [0.2, 0.25) is 0 Å². The normalized spacial score (nSPS) is 10.5. The number of allylic oxidation sites excluding steroid dienone is 5. The Morgan fingerprint density at radius 3 is 0.951 bits per heavy atom. The molecule has 0 aliphatic heterocycles. The summed E-state index contributed by atoms with van der Waals surface area (Å²) in [6, 6.07) is 0. The Bertz CT molecular complexity index is 2500. The van der Waals surface area contributed by atoms with E-state index in [1.807, 2.05) is 0 Å². The summed E-state index contributed by atoms with van der Waals surface area (Å²) in [6.45, 7) is 52.0. The number of nitrogens with zero attached hydrogens (tertiary/aromatic N) is 3. The van der Waals surface area contributed by atoms with E-state index in [9.17, 15) is 62.3 Å². The van der Waals surface area contributed by atoms with Crippen molar-refractivity contribution < 1.29 is 86.0 Å². The highest BCUT2D eigenvalue weighted by molar-refractivity contribution is 5.92. The lowest BCUT2D eigenvalue weighted by molar-refractivity contribution is -0.130. The van der Waals surface area contributed by atoms with E-state index in [0.717, 1.165) is 56.8 Å². The third-order valence-electron chi connectivity index (χ3n) is 14.0. The third kappa shape index (κ3) is 61.6. The van der Waals surface area contributed by atoms with Crippen molar-refractivity contribution in [1.82, 2.24) is 41.3 Å². The van der Waals surface area contributed by atoms with Crippen molar-refractivity contribution in [1.29, 1.82) is 0 Å². The molecule has 0 spiro atoms. The maximum atomic E-state index is 12.3. The lowest BCUT2D eigenvalue weighted by atomic mass is 9.92. The van der Waals surface area contributed by atoms with Gasteiger partial charge in [0.1, 0.15) is 0 Å². The molecule has 0 saturated heterocycles. The molecule has 1 atom stereocenters. The minimum atomic E-state index is -0.747. The van der Waals surface area contributed by atoms with Crippen LogP contribution in [0.3, 0.4) is 0 Å². The molecule has 0 rings (SSSR count). The Kier molecular flexibility index (Phi) is 67.9. The molecule has 5 N–H and O–H groups in total. The summed E-state index contributed by atoms with van der Waals surface area (Å²) in [6.07, 6.45) is 26.4. The summed E-state index contributed by atoms with van der Waals surface area (Å²) in [5.74, 6) is -2.28. The average molecular weight is 1430 g/mol. The molecule has 0 heterocycles. The number of rotatable bonds is 64. The summed E-state index contributed by atoms with van der Waals surface area (Å²) >= 11 is 0. The molecule has 0 aromatic heterocycles. The van der Waals surface area contributed by atoms with Gasteiger partial charge in [-0.3, -0.25) is 62.3 Å². The molecule has 0 aromatic rings. The predicted molar refractivity (Wildman–Crippen MR) is 398 cm³/mol. The van der Waals surface area contributed by atoms with Crippen LogP contribution >= 0.6 is 0 Å². The van der Waals surface area contributed by atoms with Gasteiger partial charge in [-0.1, -0.05) is 105 Å². The van der Waals surface area contributed by atoms with E-state index < -0.39 is 5.54 Å². The number of amides is 8. The van der Waals surface area contributed by atoms with Crippen LogP contribution in [0.15, 0.2) is 165 Å². The Hall–Kier alpha value is -9.47. The van der Waals surface area contributed by atoms with E-state index in [1.165, 1.54) is 75.5 Å².